The number of carbonyl (C=O) groups excluding carboxylic acids is 2. The number of nitrogens with one attached hydrogen (secondary N) is 1. The number of thiophene rings is 1. The van der Waals surface area contributed by atoms with Crippen molar-refractivity contribution in [1.29, 1.82) is 0 Å². The van der Waals surface area contributed by atoms with Crippen LogP contribution in [-0.4, -0.2) is 48.4 Å². The van der Waals surface area contributed by atoms with Crippen LogP contribution < -0.4 is 5.32 Å². The number of rotatable bonds is 4. The van der Waals surface area contributed by atoms with Gasteiger partial charge in [0.2, 0.25) is 5.91 Å². The lowest BCUT2D eigenvalue weighted by Gasteiger charge is -2.56. The Morgan fingerprint density at radius 1 is 1.14 bits per heavy atom. The van der Waals surface area contributed by atoms with Crippen LogP contribution >= 0.6 is 11.3 Å². The molecule has 1 aromatic carbocycles. The van der Waals surface area contributed by atoms with Gasteiger partial charge >= 0.3 is 0 Å². The zero-order chi connectivity index (χ0) is 28.8. The maximum Gasteiger partial charge on any atom is 0.238 e. The van der Waals surface area contributed by atoms with Crippen LogP contribution in [-0.2, 0) is 15.1 Å². The molecule has 5 heterocycles. The molecule has 1 saturated carbocycles. The van der Waals surface area contributed by atoms with Gasteiger partial charge in [0.15, 0.2) is 11.4 Å². The molecule has 2 aliphatic carbocycles. The van der Waals surface area contributed by atoms with Crippen LogP contribution in [0.5, 0.6) is 0 Å². The van der Waals surface area contributed by atoms with E-state index in [2.05, 4.69) is 63.3 Å². The smallest absolute Gasteiger partial charge is 0.238 e. The summed E-state index contributed by atoms with van der Waals surface area (Å²) in [5, 5.41) is 21.4. The summed E-state index contributed by atoms with van der Waals surface area (Å²) in [6.45, 7) is 4.17. The van der Waals surface area contributed by atoms with E-state index in [1.165, 1.54) is 11.0 Å². The highest BCUT2D eigenvalue weighted by Gasteiger charge is 2.60. The SMILES string of the molecule is Cc1cc2ncc3c(n2n1)NC(c1ccc(C2(N4CC5=CC=CC(=O)C5C4=O)CC(C)(O)C2)cc1)C(c1cccs1)=C3. The number of ketones is 1. The number of benzene rings is 1. The summed E-state index contributed by atoms with van der Waals surface area (Å²) in [5.41, 5.74) is 5.15. The lowest BCUT2D eigenvalue weighted by molar-refractivity contribution is -0.163. The fourth-order valence-corrected chi connectivity index (χ4v) is 8.06. The number of aromatic nitrogens is 3. The molecule has 4 aromatic rings. The first-order valence-electron chi connectivity index (χ1n) is 14.2. The van der Waals surface area contributed by atoms with Crippen LogP contribution in [0.4, 0.5) is 5.82 Å². The van der Waals surface area contributed by atoms with Crippen molar-refractivity contribution in [1.82, 2.24) is 19.5 Å². The van der Waals surface area contributed by atoms with Crippen molar-refractivity contribution in [2.75, 3.05) is 11.9 Å². The van der Waals surface area contributed by atoms with Gasteiger partial charge in [-0.05, 0) is 59.7 Å². The molecule has 0 spiro atoms. The molecule has 2 aliphatic heterocycles. The van der Waals surface area contributed by atoms with Gasteiger partial charge in [0.25, 0.3) is 0 Å². The van der Waals surface area contributed by atoms with E-state index in [4.69, 9.17) is 0 Å². The van der Waals surface area contributed by atoms with E-state index in [9.17, 15) is 14.7 Å². The molecule has 3 aromatic heterocycles. The van der Waals surface area contributed by atoms with E-state index < -0.39 is 17.1 Å². The average molecular weight is 576 g/mol. The Bertz CT molecular complexity index is 1870. The highest BCUT2D eigenvalue weighted by atomic mass is 32.1. The molecule has 8 nitrogen and oxygen atoms in total. The van der Waals surface area contributed by atoms with Gasteiger partial charge in [-0.25, -0.2) is 4.98 Å². The van der Waals surface area contributed by atoms with Crippen molar-refractivity contribution in [3.05, 3.63) is 105 Å². The molecule has 1 saturated heterocycles. The molecule has 210 valence electrons. The number of nitrogens with zero attached hydrogens (tertiary/aromatic N) is 4. The minimum atomic E-state index is -0.881. The monoisotopic (exact) mass is 575 g/mol. The van der Waals surface area contributed by atoms with Gasteiger partial charge in [-0.15, -0.1) is 11.3 Å². The molecule has 2 fully saturated rings. The third kappa shape index (κ3) is 3.70. The van der Waals surface area contributed by atoms with Crippen molar-refractivity contribution < 1.29 is 14.7 Å². The maximum absolute atomic E-state index is 13.6. The molecule has 1 amide bonds. The number of amides is 1. The highest BCUT2D eigenvalue weighted by Crippen LogP contribution is 2.55. The Labute approximate surface area is 246 Å². The Hall–Kier alpha value is -4.34. The molecular formula is C33H29N5O3S. The molecule has 42 heavy (non-hydrogen) atoms. The zero-order valence-corrected chi connectivity index (χ0v) is 24.1. The maximum atomic E-state index is 13.6. The molecular weight excluding hydrogens is 546 g/mol. The van der Waals surface area contributed by atoms with Crippen molar-refractivity contribution in [3.8, 4) is 0 Å². The number of fused-ring (bicyclic) bond motifs is 4. The third-order valence-electron chi connectivity index (χ3n) is 9.07. The number of likely N-dealkylation sites (tertiary alicyclic amines) is 1. The summed E-state index contributed by atoms with van der Waals surface area (Å²) in [4.78, 5) is 33.8. The van der Waals surface area contributed by atoms with Gasteiger partial charge < -0.3 is 15.3 Å². The number of allylic oxidation sites excluding steroid dienone is 3. The largest absolute Gasteiger partial charge is 0.390 e. The minimum Gasteiger partial charge on any atom is -0.390 e. The molecule has 0 bridgehead atoms. The summed E-state index contributed by atoms with van der Waals surface area (Å²) >= 11 is 1.70. The summed E-state index contributed by atoms with van der Waals surface area (Å²) < 4.78 is 1.86. The van der Waals surface area contributed by atoms with Crippen molar-refractivity contribution in [3.63, 3.8) is 0 Å². The lowest BCUT2D eigenvalue weighted by atomic mass is 9.61. The van der Waals surface area contributed by atoms with Crippen LogP contribution in [0.15, 0.2) is 77.8 Å². The third-order valence-corrected chi connectivity index (χ3v) is 9.99. The summed E-state index contributed by atoms with van der Waals surface area (Å²) in [5.74, 6) is -0.176. The number of carbonyl (C=O) groups is 2. The molecule has 8 rings (SSSR count). The lowest BCUT2D eigenvalue weighted by Crippen LogP contribution is -2.62. The highest BCUT2D eigenvalue weighted by molar-refractivity contribution is 7.11. The Kier molecular flexibility index (Phi) is 5.34. The van der Waals surface area contributed by atoms with Crippen LogP contribution in [0.3, 0.4) is 0 Å². The van der Waals surface area contributed by atoms with Crippen molar-refractivity contribution >= 4 is 46.1 Å². The second-order valence-electron chi connectivity index (χ2n) is 12.1. The van der Waals surface area contributed by atoms with Gasteiger partial charge in [-0.3, -0.25) is 9.59 Å². The Morgan fingerprint density at radius 2 is 1.95 bits per heavy atom. The van der Waals surface area contributed by atoms with E-state index >= 15 is 0 Å². The van der Waals surface area contributed by atoms with Gasteiger partial charge in [-0.2, -0.15) is 9.61 Å². The second kappa shape index (κ2) is 8.83. The minimum absolute atomic E-state index is 0.133. The average Bonchev–Trinajstić information content (AvgIpc) is 3.70. The number of hydrogen-bond donors (Lipinski definition) is 2. The normalized spacial score (nSPS) is 28.2. The molecule has 9 heteroatoms. The Balaban J connectivity index is 1.18. The van der Waals surface area contributed by atoms with Gasteiger partial charge in [-0.1, -0.05) is 42.5 Å². The Morgan fingerprint density at radius 3 is 2.67 bits per heavy atom. The molecule has 2 N–H and O–H groups in total. The first kappa shape index (κ1) is 25.4. The van der Waals surface area contributed by atoms with E-state index in [0.717, 1.165) is 45.0 Å². The summed E-state index contributed by atoms with van der Waals surface area (Å²) in [6.07, 6.45) is 10.0. The van der Waals surface area contributed by atoms with Gasteiger partial charge in [0.1, 0.15) is 11.7 Å². The van der Waals surface area contributed by atoms with Crippen molar-refractivity contribution in [2.24, 2.45) is 5.92 Å². The fourth-order valence-electron chi connectivity index (χ4n) is 7.29. The van der Waals surface area contributed by atoms with E-state index in [1.807, 2.05) is 41.6 Å². The first-order valence-corrected chi connectivity index (χ1v) is 15.0. The van der Waals surface area contributed by atoms with E-state index in [0.29, 0.717) is 19.4 Å². The summed E-state index contributed by atoms with van der Waals surface area (Å²) in [6, 6.07) is 14.4. The van der Waals surface area contributed by atoms with Crippen LogP contribution in [0.1, 0.15) is 53.1 Å². The quantitative estimate of drug-likeness (QED) is 0.330. The molecule has 2 unspecified atom stereocenters. The van der Waals surface area contributed by atoms with Crippen LogP contribution in [0, 0.1) is 12.8 Å². The van der Waals surface area contributed by atoms with E-state index in [1.54, 1.807) is 17.4 Å². The summed E-state index contributed by atoms with van der Waals surface area (Å²) in [7, 11) is 0. The van der Waals surface area contributed by atoms with Crippen LogP contribution in [0.25, 0.3) is 17.3 Å². The molecule has 2 atom stereocenters. The second-order valence-corrected chi connectivity index (χ2v) is 13.1. The zero-order valence-electron chi connectivity index (χ0n) is 23.2. The number of anilines is 1. The fraction of sp³-hybridized carbons (Fsp3) is 0.273. The van der Waals surface area contributed by atoms with E-state index in [-0.39, 0.29) is 17.7 Å². The standard InChI is InChI=1S/C33H29N5O3S/c1-19-13-27-34-15-22-14-24(26-7-4-12-42-26)29(35-30(22)38(27)36-19)20-8-10-23(11-9-20)33(17-32(2,41)18-33)37-16-21-5-3-6-25(39)28(21)31(37)40/h3-15,28-29,35,41H,16-18H2,1-2H3. The van der Waals surface area contributed by atoms with Crippen molar-refractivity contribution in [2.45, 2.75) is 43.9 Å². The number of hydrogen-bond acceptors (Lipinski definition) is 7. The van der Waals surface area contributed by atoms with Crippen LogP contribution in [0.2, 0.25) is 0 Å². The molecule has 0 radical (unpaired) electrons. The number of aliphatic hydroxyl groups is 1. The number of aryl methyl sites for hydroxylation is 1. The predicted octanol–water partition coefficient (Wildman–Crippen LogP) is 5.07. The predicted molar refractivity (Wildman–Crippen MR) is 162 cm³/mol. The van der Waals surface area contributed by atoms with Gasteiger partial charge in [0.05, 0.1) is 22.9 Å². The first-order chi connectivity index (χ1) is 20.2. The topological polar surface area (TPSA) is 99.8 Å². The molecule has 4 aliphatic rings. The van der Waals surface area contributed by atoms with Gasteiger partial charge in [0, 0.05) is 42.1 Å².